The zero-order valence-electron chi connectivity index (χ0n) is 15.0. The topological polar surface area (TPSA) is 66.8 Å². The first-order chi connectivity index (χ1) is 13.1. The Morgan fingerprint density at radius 1 is 1.07 bits per heavy atom. The zero-order valence-corrected chi connectivity index (χ0v) is 15.9. The third-order valence-corrected chi connectivity index (χ3v) is 6.59. The van der Waals surface area contributed by atoms with E-state index in [0.29, 0.717) is 26.1 Å². The van der Waals surface area contributed by atoms with Gasteiger partial charge in [0.05, 0.1) is 16.9 Å². The molecule has 1 aromatic carbocycles. The molecule has 0 bridgehead atoms. The van der Waals surface area contributed by atoms with Crippen molar-refractivity contribution >= 4 is 23.2 Å². The van der Waals surface area contributed by atoms with Crippen molar-refractivity contribution in [2.75, 3.05) is 19.7 Å². The number of benzene rings is 1. The van der Waals surface area contributed by atoms with E-state index in [2.05, 4.69) is 0 Å². The van der Waals surface area contributed by atoms with Crippen LogP contribution in [0.25, 0.3) is 11.1 Å². The number of nitrogens with zero attached hydrogens (tertiary/aromatic N) is 1. The van der Waals surface area contributed by atoms with Crippen LogP contribution in [0.1, 0.15) is 28.9 Å². The Kier molecular flexibility index (Phi) is 5.27. The van der Waals surface area contributed by atoms with E-state index in [4.69, 9.17) is 4.74 Å². The minimum Gasteiger partial charge on any atom is -0.481 e. The van der Waals surface area contributed by atoms with Crippen LogP contribution in [0.3, 0.4) is 0 Å². The van der Waals surface area contributed by atoms with Crippen LogP contribution < -0.4 is 0 Å². The Balaban J connectivity index is 1.43. The molecular formula is C21H23NO4S. The molecule has 2 fully saturated rings. The van der Waals surface area contributed by atoms with Gasteiger partial charge in [0.1, 0.15) is 0 Å². The van der Waals surface area contributed by atoms with Gasteiger partial charge in [-0.25, -0.2) is 0 Å². The van der Waals surface area contributed by atoms with Gasteiger partial charge in [0, 0.05) is 25.3 Å². The predicted octanol–water partition coefficient (Wildman–Crippen LogP) is 3.76. The SMILES string of the molecule is O=C(O)C1CCO[C@H]1C1CCN(C(=O)c2sccc2-c2ccccc2)CC1. The lowest BCUT2D eigenvalue weighted by atomic mass is 9.84. The normalized spacial score (nSPS) is 23.5. The van der Waals surface area contributed by atoms with Crippen LogP contribution in [0, 0.1) is 11.8 Å². The number of hydrogen-bond acceptors (Lipinski definition) is 4. The predicted molar refractivity (Wildman–Crippen MR) is 104 cm³/mol. The van der Waals surface area contributed by atoms with Gasteiger partial charge in [-0.1, -0.05) is 30.3 Å². The second kappa shape index (κ2) is 7.82. The zero-order chi connectivity index (χ0) is 18.8. The van der Waals surface area contributed by atoms with Crippen molar-refractivity contribution in [3.8, 4) is 11.1 Å². The molecule has 142 valence electrons. The van der Waals surface area contributed by atoms with Crippen LogP contribution in [0.2, 0.25) is 0 Å². The van der Waals surface area contributed by atoms with Gasteiger partial charge >= 0.3 is 5.97 Å². The highest BCUT2D eigenvalue weighted by atomic mass is 32.1. The highest BCUT2D eigenvalue weighted by Crippen LogP contribution is 2.35. The van der Waals surface area contributed by atoms with Crippen LogP contribution in [0.5, 0.6) is 0 Å². The molecule has 2 aliphatic rings. The van der Waals surface area contributed by atoms with Crippen LogP contribution in [-0.2, 0) is 9.53 Å². The van der Waals surface area contributed by atoms with Crippen molar-refractivity contribution in [3.05, 3.63) is 46.7 Å². The third-order valence-electron chi connectivity index (χ3n) is 5.69. The number of carboxylic acid groups (broad SMARTS) is 1. The molecule has 1 N–H and O–H groups in total. The van der Waals surface area contributed by atoms with Crippen molar-refractivity contribution in [2.45, 2.75) is 25.4 Å². The number of aliphatic carboxylic acids is 1. The molecule has 0 spiro atoms. The number of carboxylic acids is 1. The van der Waals surface area contributed by atoms with Crippen LogP contribution >= 0.6 is 11.3 Å². The highest BCUT2D eigenvalue weighted by molar-refractivity contribution is 7.12. The summed E-state index contributed by atoms with van der Waals surface area (Å²) in [6, 6.07) is 12.0. The quantitative estimate of drug-likeness (QED) is 0.870. The number of hydrogen-bond donors (Lipinski definition) is 1. The lowest BCUT2D eigenvalue weighted by Crippen LogP contribution is -2.43. The summed E-state index contributed by atoms with van der Waals surface area (Å²) in [4.78, 5) is 27.2. The van der Waals surface area contributed by atoms with E-state index in [-0.39, 0.29) is 17.9 Å². The van der Waals surface area contributed by atoms with Gasteiger partial charge in [-0.2, -0.15) is 0 Å². The van der Waals surface area contributed by atoms with E-state index in [1.165, 1.54) is 11.3 Å². The molecule has 2 atom stereocenters. The number of likely N-dealkylation sites (tertiary alicyclic amines) is 1. The molecule has 27 heavy (non-hydrogen) atoms. The maximum Gasteiger partial charge on any atom is 0.309 e. The van der Waals surface area contributed by atoms with Gasteiger partial charge < -0.3 is 14.7 Å². The monoisotopic (exact) mass is 385 g/mol. The lowest BCUT2D eigenvalue weighted by Gasteiger charge is -2.35. The Labute approximate surface area is 162 Å². The number of carbonyl (C=O) groups is 2. The average Bonchev–Trinajstić information content (AvgIpc) is 3.38. The lowest BCUT2D eigenvalue weighted by molar-refractivity contribution is -0.145. The molecule has 5 nitrogen and oxygen atoms in total. The van der Waals surface area contributed by atoms with Crippen molar-refractivity contribution in [3.63, 3.8) is 0 Å². The minimum absolute atomic E-state index is 0.0735. The molecule has 3 heterocycles. The van der Waals surface area contributed by atoms with Gasteiger partial charge in [0.25, 0.3) is 5.91 Å². The first kappa shape index (κ1) is 18.2. The summed E-state index contributed by atoms with van der Waals surface area (Å²) in [5.41, 5.74) is 2.04. The number of ether oxygens (including phenoxy) is 1. The summed E-state index contributed by atoms with van der Waals surface area (Å²) >= 11 is 1.48. The Morgan fingerprint density at radius 2 is 1.81 bits per heavy atom. The van der Waals surface area contributed by atoms with Crippen LogP contribution in [0.15, 0.2) is 41.8 Å². The fourth-order valence-electron chi connectivity index (χ4n) is 4.23. The largest absolute Gasteiger partial charge is 0.481 e. The molecule has 2 aromatic rings. The minimum atomic E-state index is -0.762. The second-order valence-corrected chi connectivity index (χ2v) is 8.14. The fourth-order valence-corrected chi connectivity index (χ4v) is 5.12. The number of thiophene rings is 1. The first-order valence-electron chi connectivity index (χ1n) is 9.41. The van der Waals surface area contributed by atoms with E-state index >= 15 is 0 Å². The first-order valence-corrected chi connectivity index (χ1v) is 10.3. The van der Waals surface area contributed by atoms with Crippen molar-refractivity contribution < 1.29 is 19.4 Å². The summed E-state index contributed by atoms with van der Waals surface area (Å²) in [6.07, 6.45) is 1.98. The third kappa shape index (κ3) is 3.64. The average molecular weight is 385 g/mol. The van der Waals surface area contributed by atoms with Crippen molar-refractivity contribution in [2.24, 2.45) is 11.8 Å². The summed E-state index contributed by atoms with van der Waals surface area (Å²) < 4.78 is 5.73. The van der Waals surface area contributed by atoms with Crippen LogP contribution in [-0.4, -0.2) is 47.7 Å². The molecule has 0 radical (unpaired) electrons. The fraction of sp³-hybridized carbons (Fsp3) is 0.429. The molecule has 2 saturated heterocycles. The maximum absolute atomic E-state index is 13.1. The number of rotatable bonds is 4. The number of amides is 1. The molecule has 1 unspecified atom stereocenters. The maximum atomic E-state index is 13.1. The summed E-state index contributed by atoms with van der Waals surface area (Å²) in [5, 5.41) is 11.3. The second-order valence-electron chi connectivity index (χ2n) is 7.23. The van der Waals surface area contributed by atoms with E-state index in [1.54, 1.807) is 0 Å². The van der Waals surface area contributed by atoms with E-state index in [9.17, 15) is 14.7 Å². The van der Waals surface area contributed by atoms with Crippen molar-refractivity contribution in [1.29, 1.82) is 0 Å². The van der Waals surface area contributed by atoms with Crippen LogP contribution in [0.4, 0.5) is 0 Å². The molecular weight excluding hydrogens is 362 g/mol. The van der Waals surface area contributed by atoms with Gasteiger partial charge in [-0.3, -0.25) is 9.59 Å². The standard InChI is InChI=1S/C21H23NO4S/c23-20(19-16(9-13-27-19)14-4-2-1-3-5-14)22-10-6-15(7-11-22)18-17(21(24)25)8-12-26-18/h1-5,9,13,15,17-18H,6-8,10-12H2,(H,24,25)/t17?,18-/m0/s1. The van der Waals surface area contributed by atoms with E-state index in [0.717, 1.165) is 28.8 Å². The Morgan fingerprint density at radius 3 is 2.52 bits per heavy atom. The van der Waals surface area contributed by atoms with Gasteiger partial charge in [0.15, 0.2) is 0 Å². The van der Waals surface area contributed by atoms with E-state index in [1.807, 2.05) is 46.7 Å². The molecule has 1 amide bonds. The Bertz CT molecular complexity index is 811. The summed E-state index contributed by atoms with van der Waals surface area (Å²) in [5.74, 6) is -0.875. The smallest absolute Gasteiger partial charge is 0.309 e. The highest BCUT2D eigenvalue weighted by Gasteiger charge is 2.41. The summed E-state index contributed by atoms with van der Waals surface area (Å²) in [6.45, 7) is 1.83. The molecule has 1 aromatic heterocycles. The molecule has 4 rings (SSSR count). The summed E-state index contributed by atoms with van der Waals surface area (Å²) in [7, 11) is 0. The number of piperidine rings is 1. The molecule has 0 aliphatic carbocycles. The van der Waals surface area contributed by atoms with Crippen molar-refractivity contribution in [1.82, 2.24) is 4.90 Å². The molecule has 0 saturated carbocycles. The molecule has 6 heteroatoms. The Hall–Kier alpha value is -2.18. The number of carbonyl (C=O) groups excluding carboxylic acids is 1. The van der Waals surface area contributed by atoms with Gasteiger partial charge in [-0.05, 0) is 42.2 Å². The van der Waals surface area contributed by atoms with Gasteiger partial charge in [-0.15, -0.1) is 11.3 Å². The van der Waals surface area contributed by atoms with E-state index < -0.39 is 11.9 Å². The molecule has 2 aliphatic heterocycles. The van der Waals surface area contributed by atoms with Gasteiger partial charge in [0.2, 0.25) is 0 Å².